The number of nitrogens with zero attached hydrogens (tertiary/aromatic N) is 2. The van der Waals surface area contributed by atoms with Crippen LogP contribution in [-0.4, -0.2) is 14.5 Å². The molecule has 5 nitrogen and oxygen atoms in total. The molecule has 0 unspecified atom stereocenters. The standard InChI is InChI=1S/C11H9ClFN3O2S/c12-8-7(13)9(17)16(10(18)15-8)11-14-5-3-1-2-4-6(5)19-11/h1-4H2,(H,15,18). The molecule has 2 aromatic rings. The zero-order valence-electron chi connectivity index (χ0n) is 9.70. The minimum atomic E-state index is -1.17. The molecule has 0 fully saturated rings. The fourth-order valence-corrected chi connectivity index (χ4v) is 3.40. The summed E-state index contributed by atoms with van der Waals surface area (Å²) in [4.78, 5) is 30.9. The Morgan fingerprint density at radius 3 is 2.79 bits per heavy atom. The summed E-state index contributed by atoms with van der Waals surface area (Å²) >= 11 is 6.67. The molecule has 8 heteroatoms. The number of aromatic nitrogens is 3. The van der Waals surface area contributed by atoms with E-state index >= 15 is 0 Å². The highest BCUT2D eigenvalue weighted by molar-refractivity contribution is 7.14. The molecular weight excluding hydrogens is 293 g/mol. The fraction of sp³-hybridized carbons (Fsp3) is 0.364. The van der Waals surface area contributed by atoms with E-state index in [0.717, 1.165) is 36.3 Å². The smallest absolute Gasteiger partial charge is 0.295 e. The first-order valence-electron chi connectivity index (χ1n) is 5.77. The van der Waals surface area contributed by atoms with Gasteiger partial charge in [0.05, 0.1) is 5.69 Å². The third-order valence-corrected chi connectivity index (χ3v) is 4.43. The molecule has 0 amide bonds. The number of H-pyrrole nitrogens is 1. The molecule has 0 saturated heterocycles. The maximum Gasteiger partial charge on any atom is 0.336 e. The number of aromatic amines is 1. The Morgan fingerprint density at radius 2 is 2.05 bits per heavy atom. The normalized spacial score (nSPS) is 14.4. The Morgan fingerprint density at radius 1 is 1.32 bits per heavy atom. The SMILES string of the molecule is O=c1[nH]c(Cl)c(F)c(=O)n1-c1nc2c(s1)CCCC2. The lowest BCUT2D eigenvalue weighted by molar-refractivity contribution is 0.583. The van der Waals surface area contributed by atoms with Gasteiger partial charge < -0.3 is 0 Å². The van der Waals surface area contributed by atoms with Crippen LogP contribution in [0.3, 0.4) is 0 Å². The molecule has 3 rings (SSSR count). The van der Waals surface area contributed by atoms with E-state index in [1.54, 1.807) is 0 Å². The van der Waals surface area contributed by atoms with Gasteiger partial charge in [0.2, 0.25) is 10.9 Å². The summed E-state index contributed by atoms with van der Waals surface area (Å²) in [6, 6.07) is 0. The van der Waals surface area contributed by atoms with Crippen molar-refractivity contribution in [3.8, 4) is 5.13 Å². The Hall–Kier alpha value is -1.47. The average molecular weight is 302 g/mol. The van der Waals surface area contributed by atoms with E-state index in [9.17, 15) is 14.0 Å². The Labute approximate surface area is 115 Å². The molecule has 100 valence electrons. The van der Waals surface area contributed by atoms with Gasteiger partial charge in [-0.1, -0.05) is 11.6 Å². The van der Waals surface area contributed by atoms with Gasteiger partial charge in [-0.05, 0) is 25.7 Å². The van der Waals surface area contributed by atoms with Gasteiger partial charge >= 0.3 is 5.69 Å². The van der Waals surface area contributed by atoms with Crippen molar-refractivity contribution >= 4 is 22.9 Å². The molecule has 1 aliphatic rings. The molecule has 0 radical (unpaired) electrons. The number of nitrogens with one attached hydrogen (secondary N) is 1. The van der Waals surface area contributed by atoms with E-state index < -0.39 is 22.2 Å². The first-order valence-corrected chi connectivity index (χ1v) is 6.96. The van der Waals surface area contributed by atoms with E-state index in [1.165, 1.54) is 11.3 Å². The molecule has 0 aromatic carbocycles. The minimum Gasteiger partial charge on any atom is -0.295 e. The molecule has 0 aliphatic heterocycles. The van der Waals surface area contributed by atoms with Crippen LogP contribution in [0.4, 0.5) is 4.39 Å². The van der Waals surface area contributed by atoms with E-state index in [1.807, 2.05) is 0 Å². The summed E-state index contributed by atoms with van der Waals surface area (Å²) in [6.07, 6.45) is 3.82. The van der Waals surface area contributed by atoms with Gasteiger partial charge in [0, 0.05) is 4.88 Å². The molecule has 19 heavy (non-hydrogen) atoms. The number of aryl methyl sites for hydroxylation is 2. The van der Waals surface area contributed by atoms with Crippen LogP contribution in [0.15, 0.2) is 9.59 Å². The minimum absolute atomic E-state index is 0.203. The van der Waals surface area contributed by atoms with Crippen molar-refractivity contribution in [2.75, 3.05) is 0 Å². The van der Waals surface area contributed by atoms with Gasteiger partial charge in [-0.25, -0.2) is 9.78 Å². The van der Waals surface area contributed by atoms with Crippen LogP contribution in [0.1, 0.15) is 23.4 Å². The number of fused-ring (bicyclic) bond motifs is 1. The van der Waals surface area contributed by atoms with Crippen LogP contribution < -0.4 is 11.2 Å². The van der Waals surface area contributed by atoms with Crippen LogP contribution in [0, 0.1) is 5.82 Å². The molecular formula is C11H9ClFN3O2S. The highest BCUT2D eigenvalue weighted by Crippen LogP contribution is 2.27. The molecule has 0 saturated carbocycles. The number of hydrogen-bond acceptors (Lipinski definition) is 4. The zero-order chi connectivity index (χ0) is 13.6. The summed E-state index contributed by atoms with van der Waals surface area (Å²) in [6.45, 7) is 0. The molecule has 0 atom stereocenters. The van der Waals surface area contributed by atoms with Gasteiger partial charge in [-0.15, -0.1) is 11.3 Å². The first-order chi connectivity index (χ1) is 9.08. The van der Waals surface area contributed by atoms with E-state index in [0.29, 0.717) is 4.57 Å². The zero-order valence-corrected chi connectivity index (χ0v) is 11.3. The average Bonchev–Trinajstić information content (AvgIpc) is 2.79. The van der Waals surface area contributed by atoms with Crippen molar-refractivity contribution in [3.05, 3.63) is 42.4 Å². The summed E-state index contributed by atoms with van der Waals surface area (Å²) in [5.74, 6) is -1.17. The fourth-order valence-electron chi connectivity index (χ4n) is 2.10. The summed E-state index contributed by atoms with van der Waals surface area (Å²) in [5.41, 5.74) is -0.949. The van der Waals surface area contributed by atoms with E-state index in [2.05, 4.69) is 9.97 Å². The molecule has 0 bridgehead atoms. The summed E-state index contributed by atoms with van der Waals surface area (Å²) in [7, 11) is 0. The van der Waals surface area contributed by atoms with Gasteiger partial charge in [0.1, 0.15) is 0 Å². The van der Waals surface area contributed by atoms with Crippen LogP contribution in [0.5, 0.6) is 0 Å². The van der Waals surface area contributed by atoms with Crippen molar-refractivity contribution in [2.24, 2.45) is 0 Å². The van der Waals surface area contributed by atoms with Crippen molar-refractivity contribution in [3.63, 3.8) is 0 Å². The number of rotatable bonds is 1. The van der Waals surface area contributed by atoms with Crippen molar-refractivity contribution in [2.45, 2.75) is 25.7 Å². The van der Waals surface area contributed by atoms with E-state index in [-0.39, 0.29) is 5.13 Å². The Balaban J connectivity index is 2.23. The van der Waals surface area contributed by atoms with Crippen molar-refractivity contribution in [1.82, 2.24) is 14.5 Å². The van der Waals surface area contributed by atoms with Crippen LogP contribution in [-0.2, 0) is 12.8 Å². The molecule has 1 N–H and O–H groups in total. The molecule has 2 aromatic heterocycles. The lowest BCUT2D eigenvalue weighted by atomic mass is 10.0. The van der Waals surface area contributed by atoms with Crippen LogP contribution >= 0.6 is 22.9 Å². The van der Waals surface area contributed by atoms with Gasteiger partial charge in [0.15, 0.2) is 5.15 Å². The highest BCUT2D eigenvalue weighted by Gasteiger charge is 2.20. The van der Waals surface area contributed by atoms with Crippen LogP contribution in [0.25, 0.3) is 5.13 Å². The second-order valence-electron chi connectivity index (χ2n) is 4.27. The maximum absolute atomic E-state index is 13.5. The monoisotopic (exact) mass is 301 g/mol. The topological polar surface area (TPSA) is 67.8 Å². The summed E-state index contributed by atoms with van der Waals surface area (Å²) in [5, 5.41) is -0.374. The quantitative estimate of drug-likeness (QED) is 0.815. The summed E-state index contributed by atoms with van der Waals surface area (Å²) < 4.78 is 14.2. The predicted octanol–water partition coefficient (Wildman–Crippen LogP) is 1.65. The van der Waals surface area contributed by atoms with Gasteiger partial charge in [-0.3, -0.25) is 9.78 Å². The van der Waals surface area contributed by atoms with Crippen molar-refractivity contribution in [1.29, 1.82) is 0 Å². The highest BCUT2D eigenvalue weighted by atomic mass is 35.5. The molecule has 1 aliphatic carbocycles. The maximum atomic E-state index is 13.5. The van der Waals surface area contributed by atoms with Gasteiger partial charge in [-0.2, -0.15) is 8.96 Å². The third kappa shape index (κ3) is 2.02. The Bertz CT molecular complexity index is 741. The Kier molecular flexibility index (Phi) is 3.02. The van der Waals surface area contributed by atoms with Crippen LogP contribution in [0.2, 0.25) is 5.15 Å². The first kappa shape index (κ1) is 12.6. The predicted molar refractivity (Wildman–Crippen MR) is 69.9 cm³/mol. The second kappa shape index (κ2) is 4.57. The lowest BCUT2D eigenvalue weighted by Gasteiger charge is -2.06. The molecule has 0 spiro atoms. The number of thiazole rings is 1. The largest absolute Gasteiger partial charge is 0.336 e. The van der Waals surface area contributed by atoms with Gasteiger partial charge in [0.25, 0.3) is 5.56 Å². The van der Waals surface area contributed by atoms with Crippen molar-refractivity contribution < 1.29 is 4.39 Å². The lowest BCUT2D eigenvalue weighted by Crippen LogP contribution is -2.35. The molecule has 2 heterocycles. The third-order valence-electron chi connectivity index (χ3n) is 3.03. The number of hydrogen-bond donors (Lipinski definition) is 1. The van der Waals surface area contributed by atoms with E-state index in [4.69, 9.17) is 11.6 Å². The number of halogens is 2. The second-order valence-corrected chi connectivity index (χ2v) is 5.71.